The van der Waals surface area contributed by atoms with Crippen molar-refractivity contribution in [3.05, 3.63) is 54.9 Å². The Morgan fingerprint density at radius 1 is 1.05 bits per heavy atom. The highest BCUT2D eigenvalue weighted by molar-refractivity contribution is 7.92. The largest absolute Gasteiger partial charge is 0.608 e. The first-order chi connectivity index (χ1) is 10.3. The molecule has 21 heavy (non-hydrogen) atoms. The van der Waals surface area contributed by atoms with Crippen LogP contribution in [0, 0.1) is 0 Å². The summed E-state index contributed by atoms with van der Waals surface area (Å²) in [5.41, 5.74) is 2.81. The Kier molecular flexibility index (Phi) is 3.14. The third kappa shape index (κ3) is 2.31. The highest BCUT2D eigenvalue weighted by Crippen LogP contribution is 2.27. The van der Waals surface area contributed by atoms with Crippen molar-refractivity contribution in [2.45, 2.75) is 10.2 Å². The number of rotatable bonds is 3. The van der Waals surface area contributed by atoms with Crippen LogP contribution < -0.4 is 0 Å². The van der Waals surface area contributed by atoms with Crippen LogP contribution in [0.25, 0.3) is 21.3 Å². The van der Waals surface area contributed by atoms with Crippen LogP contribution in [0.1, 0.15) is 0 Å². The maximum atomic E-state index is 12.5. The molecular weight excluding hydrogens is 302 g/mol. The molecular formula is C15H11N3OS2. The van der Waals surface area contributed by atoms with E-state index in [-0.39, 0.29) is 0 Å². The molecule has 2 aromatic carbocycles. The predicted octanol–water partition coefficient (Wildman–Crippen LogP) is 3.41. The first-order valence-corrected chi connectivity index (χ1v) is 8.58. The SMILES string of the molecule is [O-][S+](Cn1cnc2ccccc21)c1nc2ccccc2s1. The van der Waals surface area contributed by atoms with Crippen molar-refractivity contribution in [1.82, 2.24) is 14.5 Å². The molecule has 4 nitrogen and oxygen atoms in total. The molecule has 1 unspecified atom stereocenters. The summed E-state index contributed by atoms with van der Waals surface area (Å²) in [6.07, 6.45) is 1.73. The van der Waals surface area contributed by atoms with Crippen molar-refractivity contribution in [3.8, 4) is 0 Å². The second-order valence-corrected chi connectivity index (χ2v) is 7.25. The van der Waals surface area contributed by atoms with Gasteiger partial charge in [-0.1, -0.05) is 35.6 Å². The lowest BCUT2D eigenvalue weighted by molar-refractivity contribution is 0.584. The summed E-state index contributed by atoms with van der Waals surface area (Å²) in [7, 11) is 0. The Bertz CT molecular complexity index is 882. The molecule has 0 saturated carbocycles. The van der Waals surface area contributed by atoms with E-state index in [0.29, 0.717) is 10.2 Å². The molecule has 0 radical (unpaired) electrons. The van der Waals surface area contributed by atoms with E-state index in [9.17, 15) is 4.55 Å². The van der Waals surface area contributed by atoms with Crippen LogP contribution in [0.2, 0.25) is 0 Å². The summed E-state index contributed by atoms with van der Waals surface area (Å²) in [5.74, 6) is 0.375. The summed E-state index contributed by atoms with van der Waals surface area (Å²) >= 11 is 0.317. The zero-order chi connectivity index (χ0) is 14.2. The van der Waals surface area contributed by atoms with Crippen LogP contribution in [0.5, 0.6) is 0 Å². The topological polar surface area (TPSA) is 53.8 Å². The summed E-state index contributed by atoms with van der Waals surface area (Å²) in [4.78, 5) is 8.78. The van der Waals surface area contributed by atoms with Crippen molar-refractivity contribution >= 4 is 43.8 Å². The molecule has 0 aliphatic heterocycles. The smallest absolute Gasteiger partial charge is 0.304 e. The fraction of sp³-hybridized carbons (Fsp3) is 0.0667. The number of hydrogen-bond donors (Lipinski definition) is 0. The van der Waals surface area contributed by atoms with Crippen LogP contribution in [0.3, 0.4) is 0 Å². The highest BCUT2D eigenvalue weighted by atomic mass is 32.2. The van der Waals surface area contributed by atoms with Gasteiger partial charge >= 0.3 is 4.34 Å². The van der Waals surface area contributed by atoms with Crippen molar-refractivity contribution in [2.75, 3.05) is 0 Å². The molecule has 0 bridgehead atoms. The normalized spacial score (nSPS) is 13.0. The monoisotopic (exact) mass is 313 g/mol. The summed E-state index contributed by atoms with van der Waals surface area (Å²) < 4.78 is 16.2. The van der Waals surface area contributed by atoms with Gasteiger partial charge in [-0.25, -0.2) is 4.98 Å². The van der Waals surface area contributed by atoms with Crippen LogP contribution in [-0.4, -0.2) is 19.1 Å². The summed E-state index contributed by atoms with van der Waals surface area (Å²) in [6, 6.07) is 15.7. The fourth-order valence-electron chi connectivity index (χ4n) is 2.24. The maximum Gasteiger partial charge on any atom is 0.304 e. The van der Waals surface area contributed by atoms with Gasteiger partial charge in [0.05, 0.1) is 27.6 Å². The first-order valence-electron chi connectivity index (χ1n) is 6.45. The van der Waals surface area contributed by atoms with Gasteiger partial charge < -0.3 is 4.55 Å². The first kappa shape index (κ1) is 12.8. The number of aromatic nitrogens is 3. The number of para-hydroxylation sites is 3. The zero-order valence-corrected chi connectivity index (χ0v) is 12.6. The van der Waals surface area contributed by atoms with Gasteiger partial charge in [-0.05, 0) is 24.3 Å². The minimum absolute atomic E-state index is 0.375. The molecule has 104 valence electrons. The third-order valence-electron chi connectivity index (χ3n) is 3.25. The van der Waals surface area contributed by atoms with Crippen molar-refractivity contribution < 1.29 is 4.55 Å². The van der Waals surface area contributed by atoms with Crippen LogP contribution in [-0.2, 0) is 17.1 Å². The van der Waals surface area contributed by atoms with E-state index in [0.717, 1.165) is 21.3 Å². The second kappa shape index (κ2) is 5.14. The van der Waals surface area contributed by atoms with E-state index >= 15 is 0 Å². The Labute approximate surface area is 128 Å². The predicted molar refractivity (Wildman–Crippen MR) is 85.8 cm³/mol. The minimum atomic E-state index is -1.17. The molecule has 0 amide bonds. The van der Waals surface area contributed by atoms with Gasteiger partial charge in [0.2, 0.25) is 0 Å². The Morgan fingerprint density at radius 3 is 2.67 bits per heavy atom. The zero-order valence-electron chi connectivity index (χ0n) is 11.0. The Balaban J connectivity index is 1.67. The molecule has 0 N–H and O–H groups in total. The lowest BCUT2D eigenvalue weighted by Gasteiger charge is -2.08. The minimum Gasteiger partial charge on any atom is -0.608 e. The molecule has 0 spiro atoms. The molecule has 4 rings (SSSR count). The van der Waals surface area contributed by atoms with Gasteiger partial charge in [-0.2, -0.15) is 4.98 Å². The molecule has 0 aliphatic rings. The van der Waals surface area contributed by atoms with Crippen molar-refractivity contribution in [2.24, 2.45) is 0 Å². The molecule has 4 aromatic rings. The molecule has 6 heteroatoms. The van der Waals surface area contributed by atoms with Gasteiger partial charge in [-0.3, -0.25) is 4.57 Å². The van der Waals surface area contributed by atoms with E-state index in [1.165, 1.54) is 11.3 Å². The number of imidazole rings is 1. The van der Waals surface area contributed by atoms with Crippen LogP contribution >= 0.6 is 11.3 Å². The van der Waals surface area contributed by atoms with Gasteiger partial charge in [0, 0.05) is 11.2 Å². The number of nitrogens with zero attached hydrogens (tertiary/aromatic N) is 3. The van der Waals surface area contributed by atoms with Gasteiger partial charge in [0.25, 0.3) is 0 Å². The second-order valence-electron chi connectivity index (χ2n) is 4.63. The van der Waals surface area contributed by atoms with E-state index in [4.69, 9.17) is 0 Å². The molecule has 0 aliphatic carbocycles. The number of fused-ring (bicyclic) bond motifs is 2. The molecule has 1 atom stereocenters. The van der Waals surface area contributed by atoms with E-state index in [1.54, 1.807) is 6.33 Å². The van der Waals surface area contributed by atoms with Crippen molar-refractivity contribution in [1.29, 1.82) is 0 Å². The average molecular weight is 313 g/mol. The average Bonchev–Trinajstić information content (AvgIpc) is 3.11. The summed E-state index contributed by atoms with van der Waals surface area (Å²) in [5, 5.41) is 0. The lowest BCUT2D eigenvalue weighted by Crippen LogP contribution is -2.10. The van der Waals surface area contributed by atoms with Crippen molar-refractivity contribution in [3.63, 3.8) is 0 Å². The number of thiazole rings is 1. The molecule has 0 saturated heterocycles. The molecule has 2 aromatic heterocycles. The van der Waals surface area contributed by atoms with Crippen LogP contribution in [0.15, 0.2) is 59.2 Å². The standard InChI is InChI=1S/C15H11N3OS2/c19-21(15-17-12-6-2-4-8-14(12)20-15)10-18-9-16-11-5-1-3-7-13(11)18/h1-9H,10H2. The lowest BCUT2D eigenvalue weighted by atomic mass is 10.3. The Morgan fingerprint density at radius 2 is 1.81 bits per heavy atom. The number of benzene rings is 2. The van der Waals surface area contributed by atoms with E-state index in [2.05, 4.69) is 9.97 Å². The molecule has 0 fully saturated rings. The quantitative estimate of drug-likeness (QED) is 0.545. The third-order valence-corrected chi connectivity index (χ3v) is 5.88. The summed E-state index contributed by atoms with van der Waals surface area (Å²) in [6.45, 7) is 0. The molecule has 2 heterocycles. The van der Waals surface area contributed by atoms with E-state index in [1.807, 2.05) is 53.1 Å². The highest BCUT2D eigenvalue weighted by Gasteiger charge is 2.18. The van der Waals surface area contributed by atoms with Gasteiger partial charge in [-0.15, -0.1) is 0 Å². The fourth-order valence-corrected chi connectivity index (χ4v) is 4.51. The van der Waals surface area contributed by atoms with Gasteiger partial charge in [0.15, 0.2) is 5.88 Å². The maximum absolute atomic E-state index is 12.5. The van der Waals surface area contributed by atoms with Crippen LogP contribution in [0.4, 0.5) is 0 Å². The van der Waals surface area contributed by atoms with Gasteiger partial charge in [0.1, 0.15) is 0 Å². The Hall–Kier alpha value is -1.89. The number of hydrogen-bond acceptors (Lipinski definition) is 4. The van der Waals surface area contributed by atoms with E-state index < -0.39 is 11.2 Å².